The number of nitrogens with zero attached hydrogens (tertiary/aromatic N) is 1. The molecule has 17 heavy (non-hydrogen) atoms. The zero-order chi connectivity index (χ0) is 12.5. The summed E-state index contributed by atoms with van der Waals surface area (Å²) in [5.41, 5.74) is 6.02. The van der Waals surface area contributed by atoms with E-state index in [1.807, 2.05) is 0 Å². The number of hydrogen-bond acceptors (Lipinski definition) is 3. The molecule has 2 rings (SSSR count). The van der Waals surface area contributed by atoms with Gasteiger partial charge in [-0.3, -0.25) is 0 Å². The molecule has 6 heteroatoms. The number of halogens is 2. The second-order valence-corrected chi connectivity index (χ2v) is 3.97. The van der Waals surface area contributed by atoms with Gasteiger partial charge < -0.3 is 15.7 Å². The molecule has 0 aromatic heterocycles. The van der Waals surface area contributed by atoms with Crippen LogP contribution in [0.15, 0.2) is 29.4 Å². The number of hydrogen-bond donors (Lipinski definition) is 2. The lowest BCUT2D eigenvalue weighted by molar-refractivity contribution is -0.0498. The first-order valence-corrected chi connectivity index (χ1v) is 5.12. The van der Waals surface area contributed by atoms with Crippen molar-refractivity contribution in [3.05, 3.63) is 29.8 Å². The monoisotopic (exact) mass is 242 g/mol. The molecule has 1 saturated carbocycles. The molecule has 0 spiro atoms. The quantitative estimate of drug-likeness (QED) is 0.367. The molecule has 0 radical (unpaired) electrons. The maximum Gasteiger partial charge on any atom is 0.387 e. The normalized spacial score (nSPS) is 18.2. The number of oxime groups is 1. The number of nitrogens with two attached hydrogens (primary N) is 1. The first-order chi connectivity index (χ1) is 8.08. The Labute approximate surface area is 96.7 Å². The number of rotatable bonds is 4. The number of alkyl halides is 2. The molecule has 1 aliphatic carbocycles. The third-order valence-corrected chi connectivity index (χ3v) is 2.98. The van der Waals surface area contributed by atoms with Crippen LogP contribution >= 0.6 is 0 Å². The molecule has 1 aromatic rings. The molecule has 0 unspecified atom stereocenters. The SMILES string of the molecule is NC(=NO)C1(c2ccc(OC(F)F)cc2)CC1. The van der Waals surface area contributed by atoms with Crippen molar-refractivity contribution >= 4 is 5.84 Å². The largest absolute Gasteiger partial charge is 0.435 e. The zero-order valence-electron chi connectivity index (χ0n) is 8.94. The van der Waals surface area contributed by atoms with E-state index in [0.29, 0.717) is 0 Å². The topological polar surface area (TPSA) is 67.8 Å². The van der Waals surface area contributed by atoms with Crippen LogP contribution in [0.3, 0.4) is 0 Å². The number of amidine groups is 1. The predicted octanol–water partition coefficient (Wildman–Crippen LogP) is 2.07. The lowest BCUT2D eigenvalue weighted by Gasteiger charge is -2.14. The Bertz CT molecular complexity index is 428. The van der Waals surface area contributed by atoms with E-state index >= 15 is 0 Å². The standard InChI is InChI=1S/C11H12F2N2O2/c12-10(13)17-8-3-1-7(2-4-8)11(5-6-11)9(14)15-16/h1-4,10,16H,5-6H2,(H2,14,15). The van der Waals surface area contributed by atoms with Gasteiger partial charge in [-0.25, -0.2) is 0 Å². The van der Waals surface area contributed by atoms with E-state index in [-0.39, 0.29) is 11.6 Å². The fraction of sp³-hybridized carbons (Fsp3) is 0.364. The maximum absolute atomic E-state index is 12.0. The van der Waals surface area contributed by atoms with Gasteiger partial charge >= 0.3 is 6.61 Å². The molecule has 4 nitrogen and oxygen atoms in total. The Balaban J connectivity index is 2.19. The van der Waals surface area contributed by atoms with E-state index in [1.165, 1.54) is 12.1 Å². The number of ether oxygens (including phenoxy) is 1. The molecule has 1 aromatic carbocycles. The first-order valence-electron chi connectivity index (χ1n) is 5.12. The third kappa shape index (κ3) is 2.15. The molecule has 0 aliphatic heterocycles. The van der Waals surface area contributed by atoms with E-state index in [2.05, 4.69) is 9.89 Å². The summed E-state index contributed by atoms with van der Waals surface area (Å²) in [6.45, 7) is -2.83. The zero-order valence-corrected chi connectivity index (χ0v) is 8.94. The molecule has 1 aliphatic rings. The maximum atomic E-state index is 12.0. The molecule has 0 saturated heterocycles. The van der Waals surface area contributed by atoms with Gasteiger partial charge in [0.15, 0.2) is 0 Å². The predicted molar refractivity (Wildman–Crippen MR) is 57.4 cm³/mol. The van der Waals surface area contributed by atoms with Crippen LogP contribution in [-0.2, 0) is 5.41 Å². The summed E-state index contributed by atoms with van der Waals surface area (Å²) in [5.74, 6) is 0.249. The molecule has 0 atom stereocenters. The van der Waals surface area contributed by atoms with Crippen LogP contribution in [0.1, 0.15) is 18.4 Å². The third-order valence-electron chi connectivity index (χ3n) is 2.98. The van der Waals surface area contributed by atoms with Crippen molar-refractivity contribution in [3.63, 3.8) is 0 Å². The Morgan fingerprint density at radius 3 is 2.35 bits per heavy atom. The summed E-state index contributed by atoms with van der Waals surface area (Å²) in [7, 11) is 0. The van der Waals surface area contributed by atoms with Gasteiger partial charge in [0.2, 0.25) is 0 Å². The summed E-state index contributed by atoms with van der Waals surface area (Å²) >= 11 is 0. The van der Waals surface area contributed by atoms with Crippen molar-refractivity contribution < 1.29 is 18.7 Å². The fourth-order valence-electron chi connectivity index (χ4n) is 1.87. The van der Waals surface area contributed by atoms with Crippen LogP contribution < -0.4 is 10.5 Å². The lowest BCUT2D eigenvalue weighted by atomic mass is 9.95. The summed E-state index contributed by atoms with van der Waals surface area (Å²) in [4.78, 5) is 0. The minimum Gasteiger partial charge on any atom is -0.435 e. The smallest absolute Gasteiger partial charge is 0.387 e. The lowest BCUT2D eigenvalue weighted by Crippen LogP contribution is -2.28. The highest BCUT2D eigenvalue weighted by atomic mass is 19.3. The van der Waals surface area contributed by atoms with Gasteiger partial charge in [0.1, 0.15) is 11.6 Å². The van der Waals surface area contributed by atoms with Crippen LogP contribution in [0.5, 0.6) is 5.75 Å². The highest BCUT2D eigenvalue weighted by Crippen LogP contribution is 2.48. The summed E-state index contributed by atoms with van der Waals surface area (Å²) in [6.07, 6.45) is 1.58. The fourth-order valence-corrected chi connectivity index (χ4v) is 1.87. The van der Waals surface area contributed by atoms with Gasteiger partial charge in [0.25, 0.3) is 0 Å². The van der Waals surface area contributed by atoms with E-state index in [9.17, 15) is 8.78 Å². The molecule has 0 heterocycles. The highest BCUT2D eigenvalue weighted by molar-refractivity contribution is 5.94. The van der Waals surface area contributed by atoms with Crippen molar-refractivity contribution in [2.75, 3.05) is 0 Å². The molecule has 0 bridgehead atoms. The Morgan fingerprint density at radius 1 is 1.35 bits per heavy atom. The van der Waals surface area contributed by atoms with Crippen molar-refractivity contribution in [1.29, 1.82) is 0 Å². The minimum absolute atomic E-state index is 0.0964. The summed E-state index contributed by atoms with van der Waals surface area (Å²) < 4.78 is 28.2. The van der Waals surface area contributed by atoms with Gasteiger partial charge in [0.05, 0.1) is 5.41 Å². The minimum atomic E-state index is -2.83. The van der Waals surface area contributed by atoms with Gasteiger partial charge in [0, 0.05) is 0 Å². The Hall–Kier alpha value is -1.85. The van der Waals surface area contributed by atoms with Gasteiger partial charge in [-0.05, 0) is 30.5 Å². The summed E-state index contributed by atoms with van der Waals surface area (Å²) in [5, 5.41) is 11.7. The van der Waals surface area contributed by atoms with E-state index in [1.54, 1.807) is 12.1 Å². The average molecular weight is 242 g/mol. The van der Waals surface area contributed by atoms with Crippen molar-refractivity contribution in [3.8, 4) is 5.75 Å². The first kappa shape index (κ1) is 11.6. The molecule has 1 fully saturated rings. The summed E-state index contributed by atoms with van der Waals surface area (Å²) in [6, 6.07) is 6.21. The molecule has 3 N–H and O–H groups in total. The Morgan fingerprint density at radius 2 is 1.94 bits per heavy atom. The van der Waals surface area contributed by atoms with E-state index < -0.39 is 12.0 Å². The van der Waals surface area contributed by atoms with Crippen LogP contribution in [-0.4, -0.2) is 17.7 Å². The van der Waals surface area contributed by atoms with Crippen LogP contribution in [0, 0.1) is 0 Å². The average Bonchev–Trinajstić information content (AvgIpc) is 3.09. The Kier molecular flexibility index (Phi) is 2.87. The van der Waals surface area contributed by atoms with Gasteiger partial charge in [-0.2, -0.15) is 8.78 Å². The van der Waals surface area contributed by atoms with E-state index in [0.717, 1.165) is 18.4 Å². The van der Waals surface area contributed by atoms with E-state index in [4.69, 9.17) is 10.9 Å². The second-order valence-electron chi connectivity index (χ2n) is 3.97. The molecule has 0 amide bonds. The highest BCUT2D eigenvalue weighted by Gasteiger charge is 2.48. The molecular formula is C11H12F2N2O2. The van der Waals surface area contributed by atoms with Crippen LogP contribution in [0.4, 0.5) is 8.78 Å². The molecule has 92 valence electrons. The van der Waals surface area contributed by atoms with Gasteiger partial charge in [-0.15, -0.1) is 0 Å². The van der Waals surface area contributed by atoms with Crippen molar-refractivity contribution in [1.82, 2.24) is 0 Å². The van der Waals surface area contributed by atoms with Crippen molar-refractivity contribution in [2.45, 2.75) is 24.9 Å². The van der Waals surface area contributed by atoms with Crippen LogP contribution in [0.25, 0.3) is 0 Å². The van der Waals surface area contributed by atoms with Crippen LogP contribution in [0.2, 0.25) is 0 Å². The molecular weight excluding hydrogens is 230 g/mol. The van der Waals surface area contributed by atoms with Gasteiger partial charge in [-0.1, -0.05) is 17.3 Å². The second kappa shape index (κ2) is 4.20. The van der Waals surface area contributed by atoms with Crippen molar-refractivity contribution in [2.24, 2.45) is 10.9 Å². The number of benzene rings is 1.